The first kappa shape index (κ1) is 24.5. The van der Waals surface area contributed by atoms with Crippen LogP contribution < -0.4 is 10.6 Å². The van der Waals surface area contributed by atoms with Gasteiger partial charge in [-0.1, -0.05) is 66.0 Å². The highest BCUT2D eigenvalue weighted by molar-refractivity contribution is 6.31. The van der Waals surface area contributed by atoms with Crippen molar-refractivity contribution in [3.05, 3.63) is 69.7 Å². The number of unbranched alkanes of at least 4 members (excludes halogenated alkanes) is 2. The van der Waals surface area contributed by atoms with Crippen molar-refractivity contribution in [2.24, 2.45) is 0 Å². The van der Waals surface area contributed by atoms with E-state index in [1.165, 1.54) is 19.3 Å². The molecule has 0 unspecified atom stereocenters. The Morgan fingerprint density at radius 3 is 1.40 bits per heavy atom. The first-order valence-electron chi connectivity index (χ1n) is 8.15. The van der Waals surface area contributed by atoms with Crippen LogP contribution in [-0.2, 0) is 13.1 Å². The first-order valence-corrected chi connectivity index (χ1v) is 8.91. The predicted octanol–water partition coefficient (Wildman–Crippen LogP) is 5.89. The lowest BCUT2D eigenvalue weighted by Crippen LogP contribution is -2.17. The summed E-state index contributed by atoms with van der Waals surface area (Å²) in [5.74, 6) is 0. The minimum atomic E-state index is 0. The molecule has 0 heterocycles. The van der Waals surface area contributed by atoms with Crippen molar-refractivity contribution >= 4 is 48.0 Å². The molecule has 2 aromatic rings. The van der Waals surface area contributed by atoms with E-state index in [9.17, 15) is 0 Å². The molecule has 0 aromatic heterocycles. The van der Waals surface area contributed by atoms with E-state index in [2.05, 4.69) is 22.8 Å². The fourth-order valence-electron chi connectivity index (χ4n) is 2.41. The summed E-state index contributed by atoms with van der Waals surface area (Å²) in [5, 5.41) is 8.56. The van der Waals surface area contributed by atoms with E-state index < -0.39 is 0 Å². The molecule has 25 heavy (non-hydrogen) atoms. The predicted molar refractivity (Wildman–Crippen MR) is 115 cm³/mol. The minimum absolute atomic E-state index is 0. The largest absolute Gasteiger partial charge is 0.313 e. The van der Waals surface area contributed by atoms with Gasteiger partial charge in [-0.15, -0.1) is 24.8 Å². The molecule has 2 aromatic carbocycles. The van der Waals surface area contributed by atoms with Gasteiger partial charge in [-0.3, -0.25) is 0 Å². The van der Waals surface area contributed by atoms with Crippen LogP contribution in [0.4, 0.5) is 0 Å². The summed E-state index contributed by atoms with van der Waals surface area (Å²) in [6.07, 6.45) is 3.57. The molecule has 6 heteroatoms. The fraction of sp³-hybridized carbons (Fsp3) is 0.368. The van der Waals surface area contributed by atoms with E-state index in [1.807, 2.05) is 36.4 Å². The molecule has 0 fully saturated rings. The molecule has 0 amide bonds. The number of nitrogens with one attached hydrogen (secondary N) is 2. The van der Waals surface area contributed by atoms with E-state index in [-0.39, 0.29) is 24.8 Å². The second-order valence-corrected chi connectivity index (χ2v) is 6.41. The zero-order chi connectivity index (χ0) is 16.3. The van der Waals surface area contributed by atoms with Gasteiger partial charge in [0.2, 0.25) is 0 Å². The lowest BCUT2D eigenvalue weighted by molar-refractivity contribution is 0.572. The van der Waals surface area contributed by atoms with Crippen molar-refractivity contribution in [3.8, 4) is 0 Å². The lowest BCUT2D eigenvalue weighted by Gasteiger charge is -2.08. The molecule has 0 spiro atoms. The number of rotatable bonds is 10. The van der Waals surface area contributed by atoms with E-state index in [0.717, 1.165) is 47.4 Å². The van der Waals surface area contributed by atoms with Crippen LogP contribution in [0.3, 0.4) is 0 Å². The van der Waals surface area contributed by atoms with E-state index in [4.69, 9.17) is 23.2 Å². The summed E-state index contributed by atoms with van der Waals surface area (Å²) in [7, 11) is 0. The van der Waals surface area contributed by atoms with Gasteiger partial charge in [0, 0.05) is 23.1 Å². The van der Waals surface area contributed by atoms with Crippen molar-refractivity contribution in [2.75, 3.05) is 13.1 Å². The van der Waals surface area contributed by atoms with Gasteiger partial charge in [0.1, 0.15) is 0 Å². The van der Waals surface area contributed by atoms with Gasteiger partial charge in [0.15, 0.2) is 0 Å². The Labute approximate surface area is 173 Å². The van der Waals surface area contributed by atoms with Gasteiger partial charge >= 0.3 is 0 Å². The maximum absolute atomic E-state index is 6.13. The first-order chi connectivity index (χ1) is 11.3. The van der Waals surface area contributed by atoms with Crippen LogP contribution >= 0.6 is 48.0 Å². The lowest BCUT2D eigenvalue weighted by atomic mass is 10.2. The van der Waals surface area contributed by atoms with Crippen molar-refractivity contribution in [3.63, 3.8) is 0 Å². The molecular formula is C19H26Cl4N2. The fourth-order valence-corrected chi connectivity index (χ4v) is 2.81. The minimum Gasteiger partial charge on any atom is -0.313 e. The summed E-state index contributed by atoms with van der Waals surface area (Å²) in [4.78, 5) is 0. The zero-order valence-corrected chi connectivity index (χ0v) is 17.3. The summed E-state index contributed by atoms with van der Waals surface area (Å²) in [5.41, 5.74) is 2.33. The van der Waals surface area contributed by atoms with Gasteiger partial charge < -0.3 is 10.6 Å². The molecule has 0 aliphatic heterocycles. The molecule has 0 aliphatic carbocycles. The summed E-state index contributed by atoms with van der Waals surface area (Å²) >= 11 is 12.3. The Kier molecular flexibility index (Phi) is 14.4. The molecule has 0 radical (unpaired) electrons. The highest BCUT2D eigenvalue weighted by Gasteiger charge is 1.99. The molecule has 0 bridgehead atoms. The Morgan fingerprint density at radius 2 is 1.00 bits per heavy atom. The molecule has 140 valence electrons. The standard InChI is InChI=1S/C19H24Cl2N2.2ClH/c20-18-10-4-2-8-16(18)14-22-12-6-1-7-13-23-15-17-9-3-5-11-19(17)21;;/h2-5,8-11,22-23H,1,6-7,12-15H2;2*1H. The Hall–Kier alpha value is -0.480. The van der Waals surface area contributed by atoms with E-state index in [1.54, 1.807) is 0 Å². The third kappa shape index (κ3) is 9.69. The Balaban J connectivity index is 0.00000288. The highest BCUT2D eigenvalue weighted by Crippen LogP contribution is 2.15. The molecule has 0 saturated carbocycles. The van der Waals surface area contributed by atoms with E-state index >= 15 is 0 Å². The van der Waals surface area contributed by atoms with Crippen molar-refractivity contribution in [1.82, 2.24) is 10.6 Å². The topological polar surface area (TPSA) is 24.1 Å². The third-order valence-corrected chi connectivity index (χ3v) is 4.49. The normalized spacial score (nSPS) is 10.0. The van der Waals surface area contributed by atoms with E-state index in [0.29, 0.717) is 0 Å². The van der Waals surface area contributed by atoms with Crippen molar-refractivity contribution in [1.29, 1.82) is 0 Å². The Bertz CT molecular complexity index is 542. The maximum Gasteiger partial charge on any atom is 0.0450 e. The van der Waals surface area contributed by atoms with Crippen LogP contribution in [0.5, 0.6) is 0 Å². The monoisotopic (exact) mass is 422 g/mol. The molecule has 0 atom stereocenters. The van der Waals surface area contributed by atoms with Gasteiger partial charge in [-0.25, -0.2) is 0 Å². The summed E-state index contributed by atoms with van der Waals surface area (Å²) in [6.45, 7) is 3.72. The maximum atomic E-state index is 6.13. The zero-order valence-electron chi connectivity index (χ0n) is 14.1. The van der Waals surface area contributed by atoms with Crippen LogP contribution in [0.15, 0.2) is 48.5 Å². The quantitative estimate of drug-likeness (QED) is 0.465. The number of halogens is 4. The summed E-state index contributed by atoms with van der Waals surface area (Å²) in [6, 6.07) is 16.0. The molecule has 2 N–H and O–H groups in total. The van der Waals surface area contributed by atoms with Gasteiger partial charge in [-0.05, 0) is 49.2 Å². The van der Waals surface area contributed by atoms with Crippen LogP contribution in [0.1, 0.15) is 30.4 Å². The van der Waals surface area contributed by atoms with Crippen LogP contribution in [-0.4, -0.2) is 13.1 Å². The van der Waals surface area contributed by atoms with Crippen LogP contribution in [0.2, 0.25) is 10.0 Å². The van der Waals surface area contributed by atoms with Gasteiger partial charge in [0.25, 0.3) is 0 Å². The molecular weight excluding hydrogens is 398 g/mol. The highest BCUT2D eigenvalue weighted by atomic mass is 35.5. The van der Waals surface area contributed by atoms with Gasteiger partial charge in [0.05, 0.1) is 0 Å². The summed E-state index contributed by atoms with van der Waals surface area (Å²) < 4.78 is 0. The van der Waals surface area contributed by atoms with Crippen LogP contribution in [0, 0.1) is 0 Å². The number of hydrogen-bond donors (Lipinski definition) is 2. The molecule has 0 aliphatic rings. The number of hydrogen-bond acceptors (Lipinski definition) is 2. The average Bonchev–Trinajstić information content (AvgIpc) is 2.56. The van der Waals surface area contributed by atoms with Gasteiger partial charge in [-0.2, -0.15) is 0 Å². The smallest absolute Gasteiger partial charge is 0.0450 e. The third-order valence-electron chi connectivity index (χ3n) is 3.75. The molecule has 2 nitrogen and oxygen atoms in total. The van der Waals surface area contributed by atoms with Crippen molar-refractivity contribution < 1.29 is 0 Å². The SMILES string of the molecule is Cl.Cl.Clc1ccccc1CNCCCCCNCc1ccccc1Cl. The number of benzene rings is 2. The average molecular weight is 424 g/mol. The Morgan fingerprint density at radius 1 is 0.600 bits per heavy atom. The second-order valence-electron chi connectivity index (χ2n) is 5.60. The molecule has 2 rings (SSSR count). The van der Waals surface area contributed by atoms with Crippen molar-refractivity contribution in [2.45, 2.75) is 32.4 Å². The second kappa shape index (κ2) is 14.7. The van der Waals surface area contributed by atoms with Crippen LogP contribution in [0.25, 0.3) is 0 Å². The molecule has 0 saturated heterocycles.